The van der Waals surface area contributed by atoms with Gasteiger partial charge in [0.1, 0.15) is 16.4 Å². The van der Waals surface area contributed by atoms with Crippen molar-refractivity contribution in [3.05, 3.63) is 35.9 Å². The monoisotopic (exact) mass is 535 g/mol. The van der Waals surface area contributed by atoms with Crippen LogP contribution in [-0.4, -0.2) is 50.9 Å². The lowest BCUT2D eigenvalue weighted by atomic mass is 9.75. The molecule has 2 aliphatic rings. The number of benzene rings is 1. The highest BCUT2D eigenvalue weighted by atomic mass is 32.2. The maximum atomic E-state index is 13.6. The molecule has 1 atom stereocenters. The second kappa shape index (κ2) is 13.4. The molecule has 0 aromatic heterocycles. The molecule has 1 N–H and O–H groups in total. The average Bonchev–Trinajstić information content (AvgIpc) is 3.36. The minimum atomic E-state index is -3.28. The summed E-state index contributed by atoms with van der Waals surface area (Å²) in [4.78, 5) is 38.8. The molecule has 0 radical (unpaired) electrons. The highest BCUT2D eigenvalue weighted by Crippen LogP contribution is 2.45. The van der Waals surface area contributed by atoms with Gasteiger partial charge >= 0.3 is 11.9 Å². The van der Waals surface area contributed by atoms with Gasteiger partial charge in [-0.15, -0.1) is 0 Å². The first-order chi connectivity index (χ1) is 17.6. The van der Waals surface area contributed by atoms with Crippen LogP contribution in [0.4, 0.5) is 0 Å². The van der Waals surface area contributed by atoms with Crippen LogP contribution < -0.4 is 5.32 Å². The number of sulfone groups is 1. The first-order valence-electron chi connectivity index (χ1n) is 13.5. The van der Waals surface area contributed by atoms with Gasteiger partial charge in [-0.3, -0.25) is 14.4 Å². The predicted octanol–water partition coefficient (Wildman–Crippen LogP) is 3.97. The summed E-state index contributed by atoms with van der Waals surface area (Å²) in [6.45, 7) is 2.27. The van der Waals surface area contributed by atoms with E-state index in [-0.39, 0.29) is 49.0 Å². The molecule has 2 fully saturated rings. The summed E-state index contributed by atoms with van der Waals surface area (Å²) in [6.07, 6.45) is 7.46. The molecule has 9 heteroatoms. The smallest absolute Gasteiger partial charge is 0.309 e. The highest BCUT2D eigenvalue weighted by molar-refractivity contribution is 7.90. The predicted molar refractivity (Wildman–Crippen MR) is 140 cm³/mol. The van der Waals surface area contributed by atoms with Crippen LogP contribution in [0, 0.1) is 17.3 Å². The third kappa shape index (κ3) is 8.83. The van der Waals surface area contributed by atoms with E-state index in [1.54, 1.807) is 6.92 Å². The Balaban J connectivity index is 1.65. The third-order valence-corrected chi connectivity index (χ3v) is 8.73. The van der Waals surface area contributed by atoms with Gasteiger partial charge in [0.25, 0.3) is 0 Å². The van der Waals surface area contributed by atoms with Gasteiger partial charge in [0.15, 0.2) is 0 Å². The van der Waals surface area contributed by atoms with E-state index in [4.69, 9.17) is 9.47 Å². The Hall–Kier alpha value is -2.42. The zero-order valence-electron chi connectivity index (χ0n) is 22.1. The molecule has 1 unspecified atom stereocenters. The van der Waals surface area contributed by atoms with Crippen LogP contribution in [0.1, 0.15) is 76.7 Å². The molecule has 1 aromatic rings. The Morgan fingerprint density at radius 2 is 1.68 bits per heavy atom. The molecule has 0 heterocycles. The second-order valence-electron chi connectivity index (χ2n) is 10.7. The van der Waals surface area contributed by atoms with Crippen molar-refractivity contribution >= 4 is 27.7 Å². The van der Waals surface area contributed by atoms with Crippen molar-refractivity contribution in [2.45, 2.75) is 83.8 Å². The number of esters is 2. The van der Waals surface area contributed by atoms with Crippen LogP contribution in [0.2, 0.25) is 0 Å². The summed E-state index contributed by atoms with van der Waals surface area (Å²) < 4.78 is 34.5. The first-order valence-corrected chi connectivity index (χ1v) is 15.5. The second-order valence-corrected chi connectivity index (χ2v) is 12.9. The Morgan fingerprint density at radius 1 is 1.03 bits per heavy atom. The average molecular weight is 536 g/mol. The third-order valence-electron chi connectivity index (χ3n) is 7.76. The normalized spacial score (nSPS) is 22.1. The van der Waals surface area contributed by atoms with Crippen molar-refractivity contribution in [2.75, 3.05) is 18.6 Å². The number of carbonyl (C=O) groups excluding carboxylic acids is 3. The lowest BCUT2D eigenvalue weighted by molar-refractivity contribution is -0.152. The lowest BCUT2D eigenvalue weighted by Crippen LogP contribution is -2.47. The summed E-state index contributed by atoms with van der Waals surface area (Å²) in [6, 6.07) is 9.31. The number of ether oxygens (including phenoxy) is 2. The number of amides is 1. The standard InChI is InChI=1S/C28H41NO7S/c1-3-35-25(30)22-11-13-24(14-12-22)29-27(32)28(16-7-8-17-28)19-23(15-18-37(2,33)34)26(31)36-20-21-9-5-4-6-10-21/h4-6,9-10,22-24H,3,7-8,11-20H2,1-2H3,(H,29,32). The maximum Gasteiger partial charge on any atom is 0.309 e. The quantitative estimate of drug-likeness (QED) is 0.403. The number of hydrogen-bond acceptors (Lipinski definition) is 7. The summed E-state index contributed by atoms with van der Waals surface area (Å²) in [5.74, 6) is -1.61. The molecule has 0 spiro atoms. The number of hydrogen-bond donors (Lipinski definition) is 1. The van der Waals surface area contributed by atoms with Gasteiger partial charge in [-0.05, 0) is 63.9 Å². The summed E-state index contributed by atoms with van der Waals surface area (Å²) in [7, 11) is -3.28. The minimum Gasteiger partial charge on any atom is -0.466 e. The van der Waals surface area contributed by atoms with E-state index in [9.17, 15) is 22.8 Å². The van der Waals surface area contributed by atoms with Crippen molar-refractivity contribution in [3.63, 3.8) is 0 Å². The molecule has 206 valence electrons. The van der Waals surface area contributed by atoms with E-state index >= 15 is 0 Å². The topological polar surface area (TPSA) is 116 Å². The fourth-order valence-corrected chi connectivity index (χ4v) is 6.34. The van der Waals surface area contributed by atoms with Crippen LogP contribution in [0.5, 0.6) is 0 Å². The Kier molecular flexibility index (Phi) is 10.6. The Morgan fingerprint density at radius 3 is 2.27 bits per heavy atom. The van der Waals surface area contributed by atoms with Gasteiger partial charge in [0, 0.05) is 12.3 Å². The van der Waals surface area contributed by atoms with Crippen molar-refractivity contribution < 1.29 is 32.3 Å². The van der Waals surface area contributed by atoms with Crippen LogP contribution in [-0.2, 0) is 40.3 Å². The molecule has 1 aromatic carbocycles. The lowest BCUT2D eigenvalue weighted by Gasteiger charge is -2.35. The van der Waals surface area contributed by atoms with E-state index in [1.807, 2.05) is 30.3 Å². The molecule has 0 aliphatic heterocycles. The summed E-state index contributed by atoms with van der Waals surface area (Å²) in [5, 5.41) is 3.21. The molecular weight excluding hydrogens is 494 g/mol. The number of rotatable bonds is 12. The number of nitrogens with one attached hydrogen (secondary N) is 1. The van der Waals surface area contributed by atoms with Gasteiger partial charge in [0.2, 0.25) is 5.91 Å². The summed E-state index contributed by atoms with van der Waals surface area (Å²) in [5.41, 5.74) is 0.135. The van der Waals surface area contributed by atoms with Crippen LogP contribution >= 0.6 is 0 Å². The van der Waals surface area contributed by atoms with Gasteiger partial charge in [-0.1, -0.05) is 43.2 Å². The molecule has 2 aliphatic carbocycles. The van der Waals surface area contributed by atoms with E-state index in [1.165, 1.54) is 0 Å². The largest absolute Gasteiger partial charge is 0.466 e. The van der Waals surface area contributed by atoms with Gasteiger partial charge in [-0.2, -0.15) is 0 Å². The van der Waals surface area contributed by atoms with Crippen molar-refractivity contribution in [1.29, 1.82) is 0 Å². The molecule has 3 rings (SSSR count). The van der Waals surface area contributed by atoms with Gasteiger partial charge in [0.05, 0.1) is 29.6 Å². The Bertz CT molecular complexity index is 1010. The van der Waals surface area contributed by atoms with Gasteiger partial charge in [-0.25, -0.2) is 8.42 Å². The van der Waals surface area contributed by atoms with Crippen molar-refractivity contribution in [2.24, 2.45) is 17.3 Å². The maximum absolute atomic E-state index is 13.6. The highest BCUT2D eigenvalue weighted by Gasteiger charge is 2.45. The molecule has 0 saturated heterocycles. The Labute approximate surface area is 220 Å². The molecule has 2 saturated carbocycles. The first kappa shape index (κ1) is 29.1. The fraction of sp³-hybridized carbons (Fsp3) is 0.679. The molecular formula is C28H41NO7S. The minimum absolute atomic E-state index is 0.0184. The molecule has 1 amide bonds. The van der Waals surface area contributed by atoms with Crippen molar-refractivity contribution in [1.82, 2.24) is 5.32 Å². The summed E-state index contributed by atoms with van der Waals surface area (Å²) >= 11 is 0. The number of carbonyl (C=O) groups is 3. The SMILES string of the molecule is CCOC(=O)C1CCC(NC(=O)C2(CC(CCS(C)(=O)=O)C(=O)OCc3ccccc3)CCCC2)CC1. The zero-order valence-corrected chi connectivity index (χ0v) is 22.9. The fourth-order valence-electron chi connectivity index (χ4n) is 5.63. The zero-order chi connectivity index (χ0) is 26.9. The van der Waals surface area contributed by atoms with E-state index in [0.29, 0.717) is 45.1 Å². The van der Waals surface area contributed by atoms with Crippen molar-refractivity contribution in [3.8, 4) is 0 Å². The van der Waals surface area contributed by atoms with E-state index in [2.05, 4.69) is 5.32 Å². The molecule has 37 heavy (non-hydrogen) atoms. The molecule has 8 nitrogen and oxygen atoms in total. The molecule has 0 bridgehead atoms. The van der Waals surface area contributed by atoms with E-state index in [0.717, 1.165) is 24.7 Å². The van der Waals surface area contributed by atoms with Crippen LogP contribution in [0.25, 0.3) is 0 Å². The van der Waals surface area contributed by atoms with Crippen LogP contribution in [0.15, 0.2) is 30.3 Å². The van der Waals surface area contributed by atoms with Crippen LogP contribution in [0.3, 0.4) is 0 Å². The van der Waals surface area contributed by atoms with E-state index < -0.39 is 27.1 Å². The van der Waals surface area contributed by atoms with Gasteiger partial charge < -0.3 is 14.8 Å².